The second-order valence-electron chi connectivity index (χ2n) is 5.10. The highest BCUT2D eigenvalue weighted by molar-refractivity contribution is 7.71. The molecule has 0 aliphatic heterocycles. The van der Waals surface area contributed by atoms with E-state index in [4.69, 9.17) is 21.7 Å². The first-order valence-electron chi connectivity index (χ1n) is 7.65. The van der Waals surface area contributed by atoms with E-state index in [-0.39, 0.29) is 0 Å². The van der Waals surface area contributed by atoms with Crippen LogP contribution in [-0.4, -0.2) is 34.8 Å². The third kappa shape index (κ3) is 4.66. The van der Waals surface area contributed by atoms with E-state index in [2.05, 4.69) is 22.2 Å². The smallest absolute Gasteiger partial charge is 0.216 e. The molecule has 0 unspecified atom stereocenters. The number of aromatic nitrogens is 3. The summed E-state index contributed by atoms with van der Waals surface area (Å²) in [4.78, 5) is 0. The van der Waals surface area contributed by atoms with Crippen molar-refractivity contribution < 1.29 is 9.47 Å². The lowest BCUT2D eigenvalue weighted by molar-refractivity contribution is 0.286. The molecule has 0 saturated heterocycles. The fraction of sp³-hybridized carbons (Fsp3) is 0.438. The number of aryl methyl sites for hydroxylation is 1. The highest BCUT2D eigenvalue weighted by atomic mass is 32.1. The van der Waals surface area contributed by atoms with Crippen molar-refractivity contribution in [3.8, 4) is 11.5 Å². The SMILES string of the molecule is CCCCCOc1ccc(C=Nn2c(C)n[nH]c2=S)cc1OC. The molecule has 1 N–H and O–H groups in total. The maximum atomic E-state index is 5.77. The monoisotopic (exact) mass is 334 g/mol. The van der Waals surface area contributed by atoms with Crippen molar-refractivity contribution in [2.75, 3.05) is 13.7 Å². The van der Waals surface area contributed by atoms with E-state index >= 15 is 0 Å². The Morgan fingerprint density at radius 1 is 1.35 bits per heavy atom. The molecule has 0 amide bonds. The Morgan fingerprint density at radius 3 is 2.83 bits per heavy atom. The summed E-state index contributed by atoms with van der Waals surface area (Å²) in [7, 11) is 1.63. The largest absolute Gasteiger partial charge is 0.493 e. The zero-order chi connectivity index (χ0) is 16.7. The van der Waals surface area contributed by atoms with E-state index in [9.17, 15) is 0 Å². The van der Waals surface area contributed by atoms with Crippen LogP contribution >= 0.6 is 12.2 Å². The molecule has 7 heteroatoms. The summed E-state index contributed by atoms with van der Waals surface area (Å²) in [5, 5.41) is 11.0. The molecule has 2 aromatic rings. The molecule has 0 aliphatic carbocycles. The second-order valence-corrected chi connectivity index (χ2v) is 5.48. The van der Waals surface area contributed by atoms with Gasteiger partial charge in [-0.3, -0.25) is 5.10 Å². The number of nitrogens with one attached hydrogen (secondary N) is 1. The molecular weight excluding hydrogens is 312 g/mol. The van der Waals surface area contributed by atoms with Crippen molar-refractivity contribution in [2.24, 2.45) is 5.10 Å². The average molecular weight is 334 g/mol. The summed E-state index contributed by atoms with van der Waals surface area (Å²) in [6.07, 6.45) is 5.09. The number of methoxy groups -OCH3 is 1. The fourth-order valence-electron chi connectivity index (χ4n) is 2.05. The molecule has 0 aliphatic rings. The lowest BCUT2D eigenvalue weighted by Crippen LogP contribution is -2.00. The van der Waals surface area contributed by atoms with Gasteiger partial charge in [0.15, 0.2) is 11.5 Å². The van der Waals surface area contributed by atoms with Crippen molar-refractivity contribution in [1.82, 2.24) is 14.9 Å². The first-order valence-corrected chi connectivity index (χ1v) is 8.05. The number of benzene rings is 1. The first kappa shape index (κ1) is 17.2. The number of H-pyrrole nitrogens is 1. The summed E-state index contributed by atoms with van der Waals surface area (Å²) in [5.74, 6) is 2.14. The molecule has 0 bridgehead atoms. The molecular formula is C16H22N4O2S. The topological polar surface area (TPSA) is 64.4 Å². The normalized spacial score (nSPS) is 11.1. The van der Waals surface area contributed by atoms with Crippen molar-refractivity contribution in [2.45, 2.75) is 33.1 Å². The summed E-state index contributed by atoms with van der Waals surface area (Å²) in [6, 6.07) is 5.71. The van der Waals surface area contributed by atoms with Crippen LogP contribution in [0.15, 0.2) is 23.3 Å². The van der Waals surface area contributed by atoms with Gasteiger partial charge in [-0.15, -0.1) is 0 Å². The minimum Gasteiger partial charge on any atom is -0.493 e. The molecule has 1 aromatic carbocycles. The van der Waals surface area contributed by atoms with E-state index in [0.29, 0.717) is 23.0 Å². The Labute approximate surface area is 141 Å². The molecule has 2 rings (SSSR count). The van der Waals surface area contributed by atoms with Crippen LogP contribution in [0.3, 0.4) is 0 Å². The zero-order valence-corrected chi connectivity index (χ0v) is 14.5. The van der Waals surface area contributed by atoms with Gasteiger partial charge < -0.3 is 9.47 Å². The van der Waals surface area contributed by atoms with Gasteiger partial charge in [-0.05, 0) is 49.3 Å². The van der Waals surface area contributed by atoms with Crippen LogP contribution < -0.4 is 9.47 Å². The van der Waals surface area contributed by atoms with Crippen molar-refractivity contribution in [3.05, 3.63) is 34.4 Å². The van der Waals surface area contributed by atoms with Crippen LogP contribution in [0.5, 0.6) is 11.5 Å². The van der Waals surface area contributed by atoms with Crippen LogP contribution in [0.2, 0.25) is 0 Å². The number of unbranched alkanes of at least 4 members (excludes halogenated alkanes) is 2. The highest BCUT2D eigenvalue weighted by Crippen LogP contribution is 2.27. The number of nitrogens with zero attached hydrogens (tertiary/aromatic N) is 3. The van der Waals surface area contributed by atoms with Gasteiger partial charge in [0.1, 0.15) is 5.82 Å². The standard InChI is InChI=1S/C16H22N4O2S/c1-4-5-6-9-22-14-8-7-13(10-15(14)21-3)11-17-20-12(2)18-19-16(20)23/h7-8,10-11H,4-6,9H2,1-3H3,(H,19,23). The molecule has 23 heavy (non-hydrogen) atoms. The molecule has 0 radical (unpaired) electrons. The van der Waals surface area contributed by atoms with Crippen LogP contribution in [0.4, 0.5) is 0 Å². The van der Waals surface area contributed by atoms with Gasteiger partial charge in [0.05, 0.1) is 19.9 Å². The van der Waals surface area contributed by atoms with Crippen molar-refractivity contribution in [1.29, 1.82) is 0 Å². The van der Waals surface area contributed by atoms with Crippen molar-refractivity contribution in [3.63, 3.8) is 0 Å². The number of aromatic amines is 1. The Hall–Kier alpha value is -2.15. The van der Waals surface area contributed by atoms with Gasteiger partial charge in [-0.25, -0.2) is 0 Å². The summed E-state index contributed by atoms with van der Waals surface area (Å²) < 4.78 is 13.2. The van der Waals surface area contributed by atoms with Gasteiger partial charge >= 0.3 is 0 Å². The molecule has 1 aromatic heterocycles. The third-order valence-corrected chi connectivity index (χ3v) is 3.59. The average Bonchev–Trinajstić information content (AvgIpc) is 2.88. The van der Waals surface area contributed by atoms with Crippen LogP contribution in [0.25, 0.3) is 0 Å². The van der Waals surface area contributed by atoms with Crippen LogP contribution in [0.1, 0.15) is 37.6 Å². The van der Waals surface area contributed by atoms with Gasteiger partial charge in [0.25, 0.3) is 0 Å². The number of rotatable bonds is 8. The molecule has 0 fully saturated rings. The molecule has 0 atom stereocenters. The van der Waals surface area contributed by atoms with E-state index in [1.807, 2.05) is 25.1 Å². The Bertz CT molecular complexity index is 721. The third-order valence-electron chi connectivity index (χ3n) is 3.33. The quantitative estimate of drug-likeness (QED) is 0.454. The Balaban J connectivity index is 2.10. The van der Waals surface area contributed by atoms with E-state index in [0.717, 1.165) is 24.2 Å². The van der Waals surface area contributed by atoms with Gasteiger partial charge in [-0.2, -0.15) is 14.9 Å². The minimum absolute atomic E-state index is 0.460. The molecule has 124 valence electrons. The Morgan fingerprint density at radius 2 is 2.17 bits per heavy atom. The van der Waals surface area contributed by atoms with E-state index in [1.165, 1.54) is 6.42 Å². The summed E-state index contributed by atoms with van der Waals surface area (Å²) >= 11 is 5.11. The summed E-state index contributed by atoms with van der Waals surface area (Å²) in [6.45, 7) is 4.70. The zero-order valence-electron chi connectivity index (χ0n) is 13.7. The van der Waals surface area contributed by atoms with Crippen LogP contribution in [0, 0.1) is 11.7 Å². The van der Waals surface area contributed by atoms with Crippen LogP contribution in [-0.2, 0) is 0 Å². The van der Waals surface area contributed by atoms with Crippen molar-refractivity contribution >= 4 is 18.4 Å². The number of hydrogen-bond acceptors (Lipinski definition) is 5. The first-order chi connectivity index (χ1) is 11.2. The number of ether oxygens (including phenoxy) is 2. The maximum absolute atomic E-state index is 5.77. The van der Waals surface area contributed by atoms with E-state index < -0.39 is 0 Å². The second kappa shape index (κ2) is 8.47. The minimum atomic E-state index is 0.460. The molecule has 0 spiro atoms. The number of hydrogen-bond donors (Lipinski definition) is 1. The molecule has 6 nitrogen and oxygen atoms in total. The maximum Gasteiger partial charge on any atom is 0.216 e. The van der Waals surface area contributed by atoms with Gasteiger partial charge in [0, 0.05) is 0 Å². The highest BCUT2D eigenvalue weighted by Gasteiger charge is 2.05. The lowest BCUT2D eigenvalue weighted by atomic mass is 10.2. The molecule has 0 saturated carbocycles. The van der Waals surface area contributed by atoms with Gasteiger partial charge in [-0.1, -0.05) is 19.8 Å². The predicted molar refractivity (Wildman–Crippen MR) is 93.2 cm³/mol. The van der Waals surface area contributed by atoms with Gasteiger partial charge in [0.2, 0.25) is 4.77 Å². The lowest BCUT2D eigenvalue weighted by Gasteiger charge is -2.11. The van der Waals surface area contributed by atoms with E-state index in [1.54, 1.807) is 18.0 Å². The molecule has 1 heterocycles. The fourth-order valence-corrected chi connectivity index (χ4v) is 2.27. The summed E-state index contributed by atoms with van der Waals surface area (Å²) in [5.41, 5.74) is 0.894. The Kier molecular flexibility index (Phi) is 6.34. The predicted octanol–water partition coefficient (Wildman–Crippen LogP) is 3.71.